The molecule has 7 heteroatoms. The molecule has 30 heavy (non-hydrogen) atoms. The molecule has 0 spiro atoms. The van der Waals surface area contributed by atoms with E-state index in [0.29, 0.717) is 16.8 Å². The molecule has 6 nitrogen and oxygen atoms in total. The zero-order valence-corrected chi connectivity index (χ0v) is 17.4. The first-order valence-electron chi connectivity index (χ1n) is 9.22. The number of aryl methyl sites for hydroxylation is 1. The number of carbonyl (C=O) groups is 2. The van der Waals surface area contributed by atoms with Crippen molar-refractivity contribution in [1.82, 2.24) is 0 Å². The second-order valence-electron chi connectivity index (χ2n) is 6.75. The maximum atomic E-state index is 12.6. The first-order chi connectivity index (χ1) is 14.3. The van der Waals surface area contributed by atoms with E-state index in [0.717, 1.165) is 5.56 Å². The molecule has 154 valence electrons. The van der Waals surface area contributed by atoms with Crippen LogP contribution in [0.5, 0.6) is 0 Å². The molecule has 3 rings (SSSR count). The standard InChI is InChI=1S/C23H21NO5S/c1-16-8-11-19(14-22(16)24-17(2)25)23(26)29-15-18-9-12-21(13-10-18)30(27,28)20-6-4-3-5-7-20/h3-14H,15H2,1-2H3,(H,24,25). The summed E-state index contributed by atoms with van der Waals surface area (Å²) in [5.41, 5.74) is 2.35. The van der Waals surface area contributed by atoms with Crippen molar-refractivity contribution in [3.05, 3.63) is 89.5 Å². The Morgan fingerprint density at radius 1 is 0.900 bits per heavy atom. The van der Waals surface area contributed by atoms with Gasteiger partial charge in [0.15, 0.2) is 0 Å². The molecular weight excluding hydrogens is 402 g/mol. The minimum atomic E-state index is -3.59. The SMILES string of the molecule is CC(=O)Nc1cc(C(=O)OCc2ccc(S(=O)(=O)c3ccccc3)cc2)ccc1C. The molecule has 1 N–H and O–H groups in total. The van der Waals surface area contributed by atoms with Gasteiger partial charge >= 0.3 is 5.97 Å². The lowest BCUT2D eigenvalue weighted by Gasteiger charge is -2.10. The molecule has 0 aliphatic heterocycles. The second-order valence-corrected chi connectivity index (χ2v) is 8.70. The largest absolute Gasteiger partial charge is 0.457 e. The minimum absolute atomic E-state index is 0.00611. The summed E-state index contributed by atoms with van der Waals surface area (Å²) in [4.78, 5) is 24.0. The monoisotopic (exact) mass is 423 g/mol. The molecule has 1 amide bonds. The van der Waals surface area contributed by atoms with E-state index in [9.17, 15) is 18.0 Å². The topological polar surface area (TPSA) is 89.5 Å². The van der Waals surface area contributed by atoms with E-state index in [2.05, 4.69) is 5.32 Å². The molecule has 0 aliphatic carbocycles. The number of ether oxygens (including phenoxy) is 1. The lowest BCUT2D eigenvalue weighted by Crippen LogP contribution is -2.10. The molecular formula is C23H21NO5S. The van der Waals surface area contributed by atoms with Crippen LogP contribution in [0.15, 0.2) is 82.6 Å². The first-order valence-corrected chi connectivity index (χ1v) is 10.7. The molecule has 0 bridgehead atoms. The predicted molar refractivity (Wildman–Crippen MR) is 113 cm³/mol. The van der Waals surface area contributed by atoms with Crippen LogP contribution in [-0.2, 0) is 26.0 Å². The van der Waals surface area contributed by atoms with Crippen LogP contribution in [0, 0.1) is 6.92 Å². The third-order valence-corrected chi connectivity index (χ3v) is 6.23. The highest BCUT2D eigenvalue weighted by Crippen LogP contribution is 2.22. The van der Waals surface area contributed by atoms with Gasteiger partial charge in [0.1, 0.15) is 6.61 Å². The summed E-state index contributed by atoms with van der Waals surface area (Å²) in [5, 5.41) is 2.67. The molecule has 0 saturated heterocycles. The van der Waals surface area contributed by atoms with Gasteiger partial charge < -0.3 is 10.1 Å². The molecule has 0 atom stereocenters. The van der Waals surface area contributed by atoms with Crippen LogP contribution in [0.2, 0.25) is 0 Å². The highest BCUT2D eigenvalue weighted by Gasteiger charge is 2.17. The van der Waals surface area contributed by atoms with Gasteiger partial charge in [0.05, 0.1) is 15.4 Å². The molecule has 0 aromatic heterocycles. The molecule has 3 aromatic carbocycles. The molecule has 0 unspecified atom stereocenters. The van der Waals surface area contributed by atoms with Gasteiger partial charge in [-0.25, -0.2) is 13.2 Å². The number of nitrogens with one attached hydrogen (secondary N) is 1. The van der Waals surface area contributed by atoms with Gasteiger partial charge in [0.25, 0.3) is 0 Å². The fourth-order valence-corrected chi connectivity index (χ4v) is 4.09. The van der Waals surface area contributed by atoms with Crippen molar-refractivity contribution in [3.63, 3.8) is 0 Å². The fraction of sp³-hybridized carbons (Fsp3) is 0.130. The quantitative estimate of drug-likeness (QED) is 0.602. The van der Waals surface area contributed by atoms with Gasteiger partial charge in [0.2, 0.25) is 15.7 Å². The van der Waals surface area contributed by atoms with Crippen LogP contribution < -0.4 is 5.32 Å². The highest BCUT2D eigenvalue weighted by molar-refractivity contribution is 7.91. The summed E-state index contributed by atoms with van der Waals surface area (Å²) >= 11 is 0. The van der Waals surface area contributed by atoms with Gasteiger partial charge in [-0.1, -0.05) is 36.4 Å². The van der Waals surface area contributed by atoms with Gasteiger partial charge in [-0.05, 0) is 54.4 Å². The lowest BCUT2D eigenvalue weighted by molar-refractivity contribution is -0.114. The van der Waals surface area contributed by atoms with Crippen molar-refractivity contribution in [2.24, 2.45) is 0 Å². The summed E-state index contributed by atoms with van der Waals surface area (Å²) in [6, 6.07) is 19.3. The van der Waals surface area contributed by atoms with Crippen molar-refractivity contribution in [1.29, 1.82) is 0 Å². The summed E-state index contributed by atoms with van der Waals surface area (Å²) in [6.45, 7) is 3.21. The number of rotatable bonds is 6. The van der Waals surface area contributed by atoms with Crippen LogP contribution >= 0.6 is 0 Å². The minimum Gasteiger partial charge on any atom is -0.457 e. The zero-order chi connectivity index (χ0) is 21.7. The third-order valence-electron chi connectivity index (χ3n) is 4.44. The molecule has 0 radical (unpaired) electrons. The number of hydrogen-bond acceptors (Lipinski definition) is 5. The highest BCUT2D eigenvalue weighted by atomic mass is 32.2. The normalized spacial score (nSPS) is 11.0. The number of anilines is 1. The summed E-state index contributed by atoms with van der Waals surface area (Å²) in [6.07, 6.45) is 0. The van der Waals surface area contributed by atoms with Gasteiger partial charge in [-0.15, -0.1) is 0 Å². The average molecular weight is 423 g/mol. The van der Waals surface area contributed by atoms with Crippen LogP contribution in [0.4, 0.5) is 5.69 Å². The Labute approximate surface area is 175 Å². The van der Waals surface area contributed by atoms with E-state index in [1.54, 1.807) is 60.7 Å². The summed E-state index contributed by atoms with van der Waals surface area (Å²) < 4.78 is 30.6. The number of hydrogen-bond donors (Lipinski definition) is 1. The Morgan fingerprint density at radius 2 is 1.53 bits per heavy atom. The Kier molecular flexibility index (Phi) is 6.32. The van der Waals surface area contributed by atoms with Crippen molar-refractivity contribution in [2.45, 2.75) is 30.2 Å². The van der Waals surface area contributed by atoms with E-state index in [4.69, 9.17) is 4.74 Å². The number of esters is 1. The van der Waals surface area contributed by atoms with Crippen molar-refractivity contribution < 1.29 is 22.7 Å². The van der Waals surface area contributed by atoms with Crippen LogP contribution in [0.1, 0.15) is 28.4 Å². The number of carbonyl (C=O) groups excluding carboxylic acids is 2. The zero-order valence-electron chi connectivity index (χ0n) is 16.6. The van der Waals surface area contributed by atoms with Crippen LogP contribution in [0.3, 0.4) is 0 Å². The smallest absolute Gasteiger partial charge is 0.338 e. The predicted octanol–water partition coefficient (Wildman–Crippen LogP) is 4.14. The molecule has 0 heterocycles. The van der Waals surface area contributed by atoms with Crippen LogP contribution in [0.25, 0.3) is 0 Å². The van der Waals surface area contributed by atoms with Gasteiger partial charge in [0, 0.05) is 12.6 Å². The Balaban J connectivity index is 1.68. The number of amides is 1. The maximum absolute atomic E-state index is 12.6. The summed E-state index contributed by atoms with van der Waals surface area (Å²) in [5.74, 6) is -0.767. The van der Waals surface area contributed by atoms with E-state index in [-0.39, 0.29) is 22.3 Å². The Hall–Kier alpha value is -3.45. The number of sulfone groups is 1. The first kappa shape index (κ1) is 21.3. The van der Waals surface area contributed by atoms with Crippen molar-refractivity contribution >= 4 is 27.4 Å². The molecule has 0 fully saturated rings. The van der Waals surface area contributed by atoms with Gasteiger partial charge in [-0.3, -0.25) is 4.79 Å². The van der Waals surface area contributed by atoms with E-state index < -0.39 is 15.8 Å². The van der Waals surface area contributed by atoms with Crippen molar-refractivity contribution in [3.8, 4) is 0 Å². The Morgan fingerprint density at radius 3 is 2.17 bits per heavy atom. The number of benzene rings is 3. The van der Waals surface area contributed by atoms with Crippen LogP contribution in [-0.4, -0.2) is 20.3 Å². The average Bonchev–Trinajstić information content (AvgIpc) is 2.74. The van der Waals surface area contributed by atoms with Gasteiger partial charge in [-0.2, -0.15) is 0 Å². The maximum Gasteiger partial charge on any atom is 0.338 e. The van der Waals surface area contributed by atoms with E-state index in [1.807, 2.05) is 6.92 Å². The lowest BCUT2D eigenvalue weighted by atomic mass is 10.1. The van der Waals surface area contributed by atoms with E-state index >= 15 is 0 Å². The second kappa shape index (κ2) is 8.92. The van der Waals surface area contributed by atoms with Crippen molar-refractivity contribution in [2.75, 3.05) is 5.32 Å². The van der Waals surface area contributed by atoms with E-state index in [1.165, 1.54) is 19.1 Å². The fourth-order valence-electron chi connectivity index (χ4n) is 2.81. The molecule has 0 aliphatic rings. The Bertz CT molecular complexity index is 1170. The summed E-state index contributed by atoms with van der Waals surface area (Å²) in [7, 11) is -3.59. The molecule has 3 aromatic rings. The third kappa shape index (κ3) is 4.93. The molecule has 0 saturated carbocycles.